The highest BCUT2D eigenvalue weighted by molar-refractivity contribution is 6.10. The van der Waals surface area contributed by atoms with E-state index < -0.39 is 5.41 Å². The van der Waals surface area contributed by atoms with E-state index in [1.54, 1.807) is 0 Å². The van der Waals surface area contributed by atoms with Gasteiger partial charge in [-0.3, -0.25) is 4.57 Å². The van der Waals surface area contributed by atoms with Crippen LogP contribution in [0.25, 0.3) is 61.5 Å². The Balaban J connectivity index is 1.28. The van der Waals surface area contributed by atoms with Crippen molar-refractivity contribution in [2.24, 2.45) is 0 Å². The zero-order valence-electron chi connectivity index (χ0n) is 32.2. The Bertz CT molecular complexity index is 3060. The van der Waals surface area contributed by atoms with Gasteiger partial charge in [-0.1, -0.05) is 182 Å². The fourth-order valence-electron chi connectivity index (χ4n) is 10.1. The van der Waals surface area contributed by atoms with E-state index in [2.05, 4.69) is 234 Å². The lowest BCUT2D eigenvalue weighted by molar-refractivity contribution is 0.801. The fraction of sp³-hybridized carbons (Fsp3) is 0.0179. The Hall–Kier alpha value is -7.75. The molecule has 0 atom stereocenters. The van der Waals surface area contributed by atoms with Crippen molar-refractivity contribution in [3.63, 3.8) is 0 Å². The topological polar surface area (TPSA) is 21.1 Å². The van der Waals surface area contributed by atoms with E-state index in [-0.39, 0.29) is 0 Å². The molecule has 0 radical (unpaired) electrons. The van der Waals surface area contributed by atoms with Crippen molar-refractivity contribution < 1.29 is 0 Å². The van der Waals surface area contributed by atoms with Gasteiger partial charge in [0.1, 0.15) is 5.82 Å². The second kappa shape index (κ2) is 13.2. The first-order chi connectivity index (χ1) is 29.3. The van der Waals surface area contributed by atoms with E-state index in [1.165, 1.54) is 50.0 Å². The van der Waals surface area contributed by atoms with Crippen LogP contribution in [0.4, 0.5) is 17.1 Å². The van der Waals surface area contributed by atoms with Crippen molar-refractivity contribution in [3.05, 3.63) is 247 Å². The van der Waals surface area contributed by atoms with Crippen LogP contribution in [0.5, 0.6) is 0 Å². The number of aromatic nitrogens is 2. The van der Waals surface area contributed by atoms with Gasteiger partial charge in [-0.15, -0.1) is 0 Å². The molecule has 12 rings (SSSR count). The Morgan fingerprint density at radius 3 is 1.49 bits per heavy atom. The van der Waals surface area contributed by atoms with Crippen LogP contribution in [0.1, 0.15) is 22.3 Å². The molecule has 2 aromatic heterocycles. The Morgan fingerprint density at radius 2 is 0.898 bits per heavy atom. The molecule has 0 fully saturated rings. The molecular formula is C56H37N3. The van der Waals surface area contributed by atoms with Crippen LogP contribution in [0, 0.1) is 0 Å². The molecular weight excluding hydrogens is 715 g/mol. The first-order valence-electron chi connectivity index (χ1n) is 20.3. The number of para-hydroxylation sites is 3. The molecule has 59 heavy (non-hydrogen) atoms. The van der Waals surface area contributed by atoms with Crippen LogP contribution < -0.4 is 4.90 Å². The zero-order valence-corrected chi connectivity index (χ0v) is 32.2. The molecule has 2 heterocycles. The van der Waals surface area contributed by atoms with Gasteiger partial charge < -0.3 is 4.90 Å². The normalized spacial score (nSPS) is 12.9. The van der Waals surface area contributed by atoms with Crippen molar-refractivity contribution in [1.29, 1.82) is 0 Å². The van der Waals surface area contributed by atoms with E-state index in [9.17, 15) is 0 Å². The molecule has 276 valence electrons. The summed E-state index contributed by atoms with van der Waals surface area (Å²) in [5.41, 5.74) is 18.3. The van der Waals surface area contributed by atoms with E-state index in [1.807, 2.05) is 0 Å². The molecule has 0 saturated carbocycles. The van der Waals surface area contributed by atoms with Crippen molar-refractivity contribution in [2.45, 2.75) is 5.41 Å². The molecule has 2 aliphatic rings. The highest BCUT2D eigenvalue weighted by atomic mass is 15.2. The van der Waals surface area contributed by atoms with Crippen molar-refractivity contribution in [3.8, 4) is 50.6 Å². The first kappa shape index (κ1) is 33.4. The summed E-state index contributed by atoms with van der Waals surface area (Å²) in [5, 5.41) is 1.20. The van der Waals surface area contributed by atoms with Crippen LogP contribution in [0.2, 0.25) is 0 Å². The minimum atomic E-state index is -0.551. The SMILES string of the molecule is c1ccc(-c2cc(-c3ccccc3)nc(-n3c4c(c5cccc(N(c6ccccc6)c6ccccc6)c53)C3(c5ccccc5-c5ccccc53)c3ccccc3-4)c2)cc1. The molecule has 3 nitrogen and oxygen atoms in total. The molecule has 0 N–H and O–H groups in total. The van der Waals surface area contributed by atoms with Crippen LogP contribution in [0.15, 0.2) is 224 Å². The van der Waals surface area contributed by atoms with Gasteiger partial charge in [0.15, 0.2) is 0 Å². The Morgan fingerprint density at radius 1 is 0.407 bits per heavy atom. The van der Waals surface area contributed by atoms with Gasteiger partial charge in [-0.25, -0.2) is 4.98 Å². The van der Waals surface area contributed by atoms with E-state index >= 15 is 0 Å². The van der Waals surface area contributed by atoms with Gasteiger partial charge in [0.2, 0.25) is 0 Å². The van der Waals surface area contributed by atoms with Gasteiger partial charge in [0.25, 0.3) is 0 Å². The summed E-state index contributed by atoms with van der Waals surface area (Å²) in [5.74, 6) is 0.872. The summed E-state index contributed by atoms with van der Waals surface area (Å²) in [4.78, 5) is 8.07. The lowest BCUT2D eigenvalue weighted by Gasteiger charge is -2.31. The standard InChI is InChI=1S/C56H37N3/c1-5-20-38(21-6-1)40-36-50(39-22-7-2-8-23-39)57-52(37-40)59-54-46(31-19-35-51(54)58(41-24-9-3-10-25-41)42-26-11-4-12-27-42)53-55(59)45-30-15-18-34-49(45)56(53)47-32-16-13-28-43(47)44-29-14-17-33-48(44)56/h1-37H. The van der Waals surface area contributed by atoms with Crippen LogP contribution in [-0.2, 0) is 5.41 Å². The summed E-state index contributed by atoms with van der Waals surface area (Å²) < 4.78 is 2.49. The predicted octanol–water partition coefficient (Wildman–Crippen LogP) is 14.2. The Kier molecular flexibility index (Phi) is 7.45. The average Bonchev–Trinajstić information content (AvgIpc) is 3.93. The molecule has 10 aromatic rings. The third kappa shape index (κ3) is 4.85. The molecule has 0 unspecified atom stereocenters. The predicted molar refractivity (Wildman–Crippen MR) is 243 cm³/mol. The Labute approximate surface area is 343 Å². The van der Waals surface area contributed by atoms with Crippen molar-refractivity contribution in [1.82, 2.24) is 9.55 Å². The number of rotatable bonds is 6. The molecule has 1 spiro atoms. The summed E-state index contributed by atoms with van der Waals surface area (Å²) in [6, 6.07) is 81.4. The molecule has 2 aliphatic carbocycles. The van der Waals surface area contributed by atoms with Crippen LogP contribution in [-0.4, -0.2) is 9.55 Å². The fourth-order valence-corrected chi connectivity index (χ4v) is 10.1. The average molecular weight is 752 g/mol. The van der Waals surface area contributed by atoms with Gasteiger partial charge in [-0.05, 0) is 81.4 Å². The summed E-state index contributed by atoms with van der Waals surface area (Å²) >= 11 is 0. The highest BCUT2D eigenvalue weighted by Gasteiger charge is 2.54. The van der Waals surface area contributed by atoms with E-state index in [0.717, 1.165) is 50.8 Å². The number of benzene rings is 8. The summed E-state index contributed by atoms with van der Waals surface area (Å²) in [6.07, 6.45) is 0. The summed E-state index contributed by atoms with van der Waals surface area (Å²) in [6.45, 7) is 0. The van der Waals surface area contributed by atoms with Crippen LogP contribution >= 0.6 is 0 Å². The first-order valence-corrected chi connectivity index (χ1v) is 20.3. The second-order valence-corrected chi connectivity index (χ2v) is 15.5. The number of nitrogens with zero attached hydrogens (tertiary/aromatic N) is 3. The molecule has 0 saturated heterocycles. The maximum Gasteiger partial charge on any atom is 0.138 e. The maximum atomic E-state index is 5.67. The van der Waals surface area contributed by atoms with Crippen LogP contribution in [0.3, 0.4) is 0 Å². The lowest BCUT2D eigenvalue weighted by atomic mass is 9.70. The molecule has 3 heteroatoms. The minimum Gasteiger partial charge on any atom is -0.308 e. The van der Waals surface area contributed by atoms with Gasteiger partial charge in [0.05, 0.1) is 28.0 Å². The molecule has 0 aliphatic heterocycles. The monoisotopic (exact) mass is 751 g/mol. The number of anilines is 3. The zero-order chi connectivity index (χ0) is 38.9. The summed E-state index contributed by atoms with van der Waals surface area (Å²) in [7, 11) is 0. The molecule has 8 aromatic carbocycles. The van der Waals surface area contributed by atoms with E-state index in [0.29, 0.717) is 0 Å². The van der Waals surface area contributed by atoms with E-state index in [4.69, 9.17) is 4.98 Å². The largest absolute Gasteiger partial charge is 0.308 e. The smallest absolute Gasteiger partial charge is 0.138 e. The highest BCUT2D eigenvalue weighted by Crippen LogP contribution is 2.65. The number of fused-ring (bicyclic) bond motifs is 12. The quantitative estimate of drug-likeness (QED) is 0.169. The number of pyridine rings is 1. The van der Waals surface area contributed by atoms with Gasteiger partial charge >= 0.3 is 0 Å². The number of hydrogen-bond acceptors (Lipinski definition) is 2. The van der Waals surface area contributed by atoms with Crippen molar-refractivity contribution in [2.75, 3.05) is 4.90 Å². The third-order valence-electron chi connectivity index (χ3n) is 12.4. The number of hydrogen-bond donors (Lipinski definition) is 0. The molecule has 0 amide bonds. The lowest BCUT2D eigenvalue weighted by Crippen LogP contribution is -2.25. The minimum absolute atomic E-state index is 0.551. The molecule has 0 bridgehead atoms. The van der Waals surface area contributed by atoms with Gasteiger partial charge in [-0.2, -0.15) is 0 Å². The maximum absolute atomic E-state index is 5.67. The second-order valence-electron chi connectivity index (χ2n) is 15.5. The third-order valence-corrected chi connectivity index (χ3v) is 12.4. The van der Waals surface area contributed by atoms with Gasteiger partial charge in [0, 0.05) is 33.5 Å². The van der Waals surface area contributed by atoms with Crippen molar-refractivity contribution >= 4 is 28.0 Å².